The number of anilines is 1. The van der Waals surface area contributed by atoms with Crippen molar-refractivity contribution in [2.75, 3.05) is 25.3 Å². The van der Waals surface area contributed by atoms with Crippen LogP contribution in [-0.4, -0.2) is 31.5 Å². The molecule has 1 aromatic heterocycles. The lowest BCUT2D eigenvalue weighted by Gasteiger charge is -2.23. The van der Waals surface area contributed by atoms with E-state index in [0.717, 1.165) is 32.2 Å². The highest BCUT2D eigenvalue weighted by atomic mass is 32.1. The van der Waals surface area contributed by atoms with Crippen molar-refractivity contribution in [2.45, 2.75) is 27.4 Å². The third kappa shape index (κ3) is 5.46. The SMILES string of the molecule is COC(=O)N(COCC(C)C)c1ccc(OCc2nc3ccccc3s2)cc1C. The number of carbonyl (C=O) groups excluding carboxylic acids is 1. The molecule has 0 spiro atoms. The molecule has 0 saturated carbocycles. The molecule has 1 heterocycles. The number of para-hydroxylation sites is 1. The summed E-state index contributed by atoms with van der Waals surface area (Å²) < 4.78 is 17.6. The molecule has 0 atom stereocenters. The first-order valence-electron chi connectivity index (χ1n) is 9.49. The maximum Gasteiger partial charge on any atom is 0.415 e. The Morgan fingerprint density at radius 3 is 2.69 bits per heavy atom. The van der Waals surface area contributed by atoms with Gasteiger partial charge in [-0.15, -0.1) is 11.3 Å². The van der Waals surface area contributed by atoms with E-state index < -0.39 is 6.09 Å². The van der Waals surface area contributed by atoms with E-state index in [-0.39, 0.29) is 6.73 Å². The smallest absolute Gasteiger partial charge is 0.415 e. The second kappa shape index (κ2) is 9.71. The van der Waals surface area contributed by atoms with Gasteiger partial charge < -0.3 is 14.2 Å². The number of carbonyl (C=O) groups is 1. The maximum absolute atomic E-state index is 12.2. The second-order valence-corrected chi connectivity index (χ2v) is 8.22. The van der Waals surface area contributed by atoms with E-state index in [9.17, 15) is 4.79 Å². The van der Waals surface area contributed by atoms with E-state index >= 15 is 0 Å². The molecule has 0 fully saturated rings. The fourth-order valence-electron chi connectivity index (χ4n) is 2.86. The minimum atomic E-state index is -0.458. The third-order valence-corrected chi connectivity index (χ3v) is 5.24. The van der Waals surface area contributed by atoms with Crippen LogP contribution < -0.4 is 9.64 Å². The number of hydrogen-bond acceptors (Lipinski definition) is 6. The molecule has 2 aromatic carbocycles. The van der Waals surface area contributed by atoms with Crippen LogP contribution in [0.5, 0.6) is 5.75 Å². The Morgan fingerprint density at radius 1 is 1.21 bits per heavy atom. The van der Waals surface area contributed by atoms with E-state index in [1.807, 2.05) is 43.3 Å². The monoisotopic (exact) mass is 414 g/mol. The van der Waals surface area contributed by atoms with Crippen LogP contribution in [-0.2, 0) is 16.1 Å². The summed E-state index contributed by atoms with van der Waals surface area (Å²) in [5.74, 6) is 1.10. The molecule has 154 valence electrons. The minimum absolute atomic E-state index is 0.137. The number of nitrogens with zero attached hydrogens (tertiary/aromatic N) is 2. The van der Waals surface area contributed by atoms with Crippen LogP contribution in [0, 0.1) is 12.8 Å². The summed E-state index contributed by atoms with van der Waals surface area (Å²) in [6, 6.07) is 13.6. The van der Waals surface area contributed by atoms with Gasteiger partial charge in [-0.05, 0) is 48.7 Å². The Hall–Kier alpha value is -2.64. The molecular formula is C22H26N2O4S. The number of hydrogen-bond donors (Lipinski definition) is 0. The molecule has 7 heteroatoms. The summed E-state index contributed by atoms with van der Waals surface area (Å²) in [4.78, 5) is 18.3. The van der Waals surface area contributed by atoms with Gasteiger partial charge in [-0.1, -0.05) is 26.0 Å². The fourth-order valence-corrected chi connectivity index (χ4v) is 3.74. The third-order valence-electron chi connectivity index (χ3n) is 4.23. The predicted octanol–water partition coefficient (Wildman–Crippen LogP) is 5.39. The second-order valence-electron chi connectivity index (χ2n) is 7.10. The molecule has 29 heavy (non-hydrogen) atoms. The molecule has 0 bridgehead atoms. The molecule has 1 amide bonds. The van der Waals surface area contributed by atoms with Crippen molar-refractivity contribution < 1.29 is 19.0 Å². The number of fused-ring (bicyclic) bond motifs is 1. The van der Waals surface area contributed by atoms with Crippen molar-refractivity contribution in [1.29, 1.82) is 0 Å². The number of rotatable bonds is 8. The minimum Gasteiger partial charge on any atom is -0.486 e. The average molecular weight is 415 g/mol. The first kappa shape index (κ1) is 21.1. The standard InChI is InChI=1S/C22H26N2O4S/c1-15(2)12-27-14-24(22(25)26-4)19-10-9-17(11-16(19)3)28-13-21-23-18-7-5-6-8-20(18)29-21/h5-11,15H,12-14H2,1-4H3. The van der Waals surface area contributed by atoms with Gasteiger partial charge in [0.1, 0.15) is 24.1 Å². The zero-order chi connectivity index (χ0) is 20.8. The van der Waals surface area contributed by atoms with Crippen molar-refractivity contribution in [1.82, 2.24) is 4.98 Å². The van der Waals surface area contributed by atoms with Gasteiger partial charge in [0.15, 0.2) is 0 Å². The molecule has 0 unspecified atom stereocenters. The quantitative estimate of drug-likeness (QED) is 0.463. The fraction of sp³-hybridized carbons (Fsp3) is 0.364. The van der Waals surface area contributed by atoms with Crippen LogP contribution in [0.2, 0.25) is 0 Å². The van der Waals surface area contributed by atoms with Gasteiger partial charge in [0.25, 0.3) is 0 Å². The number of thiazole rings is 1. The van der Waals surface area contributed by atoms with Crippen molar-refractivity contribution in [3.05, 3.63) is 53.0 Å². The first-order chi connectivity index (χ1) is 14.0. The van der Waals surface area contributed by atoms with Crippen molar-refractivity contribution in [3.8, 4) is 5.75 Å². The largest absolute Gasteiger partial charge is 0.486 e. The topological polar surface area (TPSA) is 60.9 Å². The molecule has 6 nitrogen and oxygen atoms in total. The molecule has 3 rings (SSSR count). The van der Waals surface area contributed by atoms with Crippen LogP contribution >= 0.6 is 11.3 Å². The molecule has 0 aliphatic heterocycles. The first-order valence-corrected chi connectivity index (χ1v) is 10.3. The summed E-state index contributed by atoms with van der Waals surface area (Å²) in [5.41, 5.74) is 2.61. The number of aromatic nitrogens is 1. The highest BCUT2D eigenvalue weighted by molar-refractivity contribution is 7.18. The van der Waals surface area contributed by atoms with Gasteiger partial charge in [-0.25, -0.2) is 9.78 Å². The summed E-state index contributed by atoms with van der Waals surface area (Å²) >= 11 is 1.62. The molecule has 0 aliphatic carbocycles. The van der Waals surface area contributed by atoms with Crippen LogP contribution in [0.3, 0.4) is 0 Å². The van der Waals surface area contributed by atoms with E-state index in [4.69, 9.17) is 14.2 Å². The normalized spacial score (nSPS) is 11.1. The van der Waals surface area contributed by atoms with Crippen LogP contribution in [0.4, 0.5) is 10.5 Å². The highest BCUT2D eigenvalue weighted by Gasteiger charge is 2.19. The predicted molar refractivity (Wildman–Crippen MR) is 116 cm³/mol. The summed E-state index contributed by atoms with van der Waals surface area (Å²) in [6.45, 7) is 7.15. The molecule has 0 saturated heterocycles. The number of methoxy groups -OCH3 is 1. The van der Waals surface area contributed by atoms with Gasteiger partial charge in [-0.3, -0.25) is 4.90 Å². The molecule has 0 N–H and O–H groups in total. The maximum atomic E-state index is 12.2. The number of ether oxygens (including phenoxy) is 3. The van der Waals surface area contributed by atoms with E-state index in [0.29, 0.717) is 19.1 Å². The molecule has 0 radical (unpaired) electrons. The number of aryl methyl sites for hydroxylation is 1. The zero-order valence-electron chi connectivity index (χ0n) is 17.2. The lowest BCUT2D eigenvalue weighted by molar-refractivity contribution is 0.103. The van der Waals surface area contributed by atoms with Crippen LogP contribution in [0.1, 0.15) is 24.4 Å². The number of amides is 1. The average Bonchev–Trinajstić information content (AvgIpc) is 3.12. The van der Waals surface area contributed by atoms with Crippen molar-refractivity contribution in [3.63, 3.8) is 0 Å². The number of benzene rings is 2. The summed E-state index contributed by atoms with van der Waals surface area (Å²) in [5, 5.41) is 0.922. The Bertz CT molecular complexity index is 937. The van der Waals surface area contributed by atoms with Gasteiger partial charge in [0.2, 0.25) is 0 Å². The van der Waals surface area contributed by atoms with Crippen molar-refractivity contribution in [2.24, 2.45) is 5.92 Å². The molecule has 3 aromatic rings. The Balaban J connectivity index is 1.69. The Morgan fingerprint density at radius 2 is 2.00 bits per heavy atom. The van der Waals surface area contributed by atoms with E-state index in [1.54, 1.807) is 11.3 Å². The van der Waals surface area contributed by atoms with Crippen molar-refractivity contribution >= 4 is 33.3 Å². The van der Waals surface area contributed by atoms with E-state index in [2.05, 4.69) is 24.9 Å². The molecular weight excluding hydrogens is 388 g/mol. The zero-order valence-corrected chi connectivity index (χ0v) is 18.0. The highest BCUT2D eigenvalue weighted by Crippen LogP contribution is 2.27. The Kier molecular flexibility index (Phi) is 7.06. The van der Waals surface area contributed by atoms with Gasteiger partial charge >= 0.3 is 6.09 Å². The van der Waals surface area contributed by atoms with Gasteiger partial charge in [0, 0.05) is 0 Å². The lowest BCUT2D eigenvalue weighted by atomic mass is 10.2. The van der Waals surface area contributed by atoms with Crippen LogP contribution in [0.15, 0.2) is 42.5 Å². The van der Waals surface area contributed by atoms with Crippen LogP contribution in [0.25, 0.3) is 10.2 Å². The van der Waals surface area contributed by atoms with E-state index in [1.165, 1.54) is 12.0 Å². The van der Waals surface area contributed by atoms with Gasteiger partial charge in [-0.2, -0.15) is 0 Å². The van der Waals surface area contributed by atoms with Gasteiger partial charge in [0.05, 0.1) is 29.6 Å². The molecule has 0 aliphatic rings. The summed E-state index contributed by atoms with van der Waals surface area (Å²) in [6.07, 6.45) is -0.458. The summed E-state index contributed by atoms with van der Waals surface area (Å²) in [7, 11) is 1.36. The Labute approximate surface area is 175 Å². The lowest BCUT2D eigenvalue weighted by Crippen LogP contribution is -2.34.